The van der Waals surface area contributed by atoms with Crippen LogP contribution in [0.1, 0.15) is 17.6 Å². The van der Waals surface area contributed by atoms with Crippen molar-refractivity contribution in [3.63, 3.8) is 0 Å². The maximum atomic E-state index is 12.3. The summed E-state index contributed by atoms with van der Waals surface area (Å²) >= 11 is 2.78. The van der Waals surface area contributed by atoms with Crippen LogP contribution in [0.5, 0.6) is 0 Å². The Morgan fingerprint density at radius 3 is 2.65 bits per heavy atom. The van der Waals surface area contributed by atoms with E-state index in [1.807, 2.05) is 18.2 Å². The standard InChI is InChI=1S/C10H15F3N2S2/c1-7(5-16-3)15(2)4-9-14-8(6-17-9)10(11,12)13/h6-7H,4-5H2,1-3H3/t7-/m0/s1. The molecule has 2 nitrogen and oxygen atoms in total. The first-order valence-corrected chi connectivity index (χ1v) is 7.32. The van der Waals surface area contributed by atoms with Crippen molar-refractivity contribution in [1.82, 2.24) is 9.88 Å². The van der Waals surface area contributed by atoms with Gasteiger partial charge in [0.15, 0.2) is 5.69 Å². The van der Waals surface area contributed by atoms with E-state index in [1.54, 1.807) is 11.8 Å². The largest absolute Gasteiger partial charge is 0.434 e. The van der Waals surface area contributed by atoms with Crippen LogP contribution >= 0.6 is 23.1 Å². The maximum Gasteiger partial charge on any atom is 0.434 e. The van der Waals surface area contributed by atoms with Gasteiger partial charge in [-0.05, 0) is 20.2 Å². The van der Waals surface area contributed by atoms with Crippen molar-refractivity contribution in [3.8, 4) is 0 Å². The molecule has 1 atom stereocenters. The molecule has 17 heavy (non-hydrogen) atoms. The van der Waals surface area contributed by atoms with Gasteiger partial charge in [-0.3, -0.25) is 4.90 Å². The molecule has 0 spiro atoms. The fourth-order valence-electron chi connectivity index (χ4n) is 1.25. The van der Waals surface area contributed by atoms with Crippen LogP contribution in [-0.4, -0.2) is 35.0 Å². The highest BCUT2D eigenvalue weighted by molar-refractivity contribution is 7.98. The maximum absolute atomic E-state index is 12.3. The van der Waals surface area contributed by atoms with Crippen molar-refractivity contribution in [2.45, 2.75) is 25.7 Å². The van der Waals surface area contributed by atoms with Crippen molar-refractivity contribution in [2.75, 3.05) is 19.1 Å². The Morgan fingerprint density at radius 2 is 2.18 bits per heavy atom. The predicted octanol–water partition coefficient (Wildman–Crippen LogP) is 3.35. The van der Waals surface area contributed by atoms with E-state index in [4.69, 9.17) is 0 Å². The molecule has 0 bridgehead atoms. The van der Waals surface area contributed by atoms with Crippen molar-refractivity contribution >= 4 is 23.1 Å². The lowest BCUT2D eigenvalue weighted by Gasteiger charge is -2.22. The summed E-state index contributed by atoms with van der Waals surface area (Å²) in [4.78, 5) is 5.62. The zero-order valence-corrected chi connectivity index (χ0v) is 11.5. The lowest BCUT2D eigenvalue weighted by molar-refractivity contribution is -0.140. The Balaban J connectivity index is 2.60. The van der Waals surface area contributed by atoms with Crippen LogP contribution in [0, 0.1) is 0 Å². The van der Waals surface area contributed by atoms with Crippen LogP contribution in [0.25, 0.3) is 0 Å². The van der Waals surface area contributed by atoms with Gasteiger partial charge in [0.2, 0.25) is 0 Å². The van der Waals surface area contributed by atoms with Crippen LogP contribution in [0.2, 0.25) is 0 Å². The van der Waals surface area contributed by atoms with E-state index in [1.165, 1.54) is 0 Å². The molecule has 0 aliphatic carbocycles. The summed E-state index contributed by atoms with van der Waals surface area (Å²) in [7, 11) is 1.90. The van der Waals surface area contributed by atoms with Gasteiger partial charge in [-0.15, -0.1) is 11.3 Å². The van der Waals surface area contributed by atoms with Gasteiger partial charge in [0.25, 0.3) is 0 Å². The molecule has 0 unspecified atom stereocenters. The molecule has 0 fully saturated rings. The van der Waals surface area contributed by atoms with E-state index >= 15 is 0 Å². The Morgan fingerprint density at radius 1 is 1.53 bits per heavy atom. The average molecular weight is 284 g/mol. The lowest BCUT2D eigenvalue weighted by Crippen LogP contribution is -2.30. The first kappa shape index (κ1) is 14.8. The van der Waals surface area contributed by atoms with Gasteiger partial charge in [0.05, 0.1) is 6.54 Å². The highest BCUT2D eigenvalue weighted by atomic mass is 32.2. The summed E-state index contributed by atoms with van der Waals surface area (Å²) < 4.78 is 37.0. The summed E-state index contributed by atoms with van der Waals surface area (Å²) in [6, 6.07) is 0.322. The van der Waals surface area contributed by atoms with Crippen LogP contribution in [0.4, 0.5) is 13.2 Å². The van der Waals surface area contributed by atoms with Crippen molar-refractivity contribution in [3.05, 3.63) is 16.1 Å². The Kier molecular flexibility index (Phi) is 5.27. The fourth-order valence-corrected chi connectivity index (χ4v) is 2.85. The summed E-state index contributed by atoms with van der Waals surface area (Å²) in [6.07, 6.45) is -2.33. The fraction of sp³-hybridized carbons (Fsp3) is 0.700. The number of aromatic nitrogens is 1. The number of nitrogens with zero attached hydrogens (tertiary/aromatic N) is 2. The van der Waals surface area contributed by atoms with E-state index in [2.05, 4.69) is 11.9 Å². The van der Waals surface area contributed by atoms with Crippen LogP contribution < -0.4 is 0 Å². The van der Waals surface area contributed by atoms with Gasteiger partial charge in [-0.25, -0.2) is 4.98 Å². The van der Waals surface area contributed by atoms with E-state index < -0.39 is 11.9 Å². The van der Waals surface area contributed by atoms with E-state index in [0.717, 1.165) is 22.5 Å². The van der Waals surface area contributed by atoms with Gasteiger partial charge in [-0.1, -0.05) is 0 Å². The molecule has 1 aromatic rings. The number of halogens is 3. The van der Waals surface area contributed by atoms with Gasteiger partial charge in [0.1, 0.15) is 5.01 Å². The third-order valence-corrected chi connectivity index (χ3v) is 4.04. The molecule has 0 saturated heterocycles. The molecule has 0 N–H and O–H groups in total. The third-order valence-electron chi connectivity index (χ3n) is 2.39. The molecular formula is C10H15F3N2S2. The highest BCUT2D eigenvalue weighted by Gasteiger charge is 2.33. The van der Waals surface area contributed by atoms with Crippen LogP contribution in [-0.2, 0) is 12.7 Å². The van der Waals surface area contributed by atoms with Crippen LogP contribution in [0.3, 0.4) is 0 Å². The second-order valence-electron chi connectivity index (χ2n) is 3.84. The number of rotatable bonds is 5. The van der Waals surface area contributed by atoms with Gasteiger partial charge < -0.3 is 0 Å². The molecule has 0 aliphatic rings. The molecule has 0 radical (unpaired) electrons. The molecule has 0 aliphatic heterocycles. The normalized spacial score (nSPS) is 14.3. The molecule has 0 amide bonds. The molecule has 1 heterocycles. The van der Waals surface area contributed by atoms with Gasteiger partial charge >= 0.3 is 6.18 Å². The minimum Gasteiger partial charge on any atom is -0.296 e. The zero-order valence-electron chi connectivity index (χ0n) is 9.91. The molecule has 0 saturated carbocycles. The number of hydrogen-bond acceptors (Lipinski definition) is 4. The second kappa shape index (κ2) is 6.06. The quantitative estimate of drug-likeness (QED) is 0.825. The number of alkyl halides is 3. The van der Waals surface area contributed by atoms with Gasteiger partial charge in [0, 0.05) is 17.2 Å². The highest BCUT2D eigenvalue weighted by Crippen LogP contribution is 2.30. The summed E-state index contributed by atoms with van der Waals surface area (Å²) in [6.45, 7) is 2.51. The summed E-state index contributed by atoms with van der Waals surface area (Å²) in [5.41, 5.74) is -0.789. The first-order chi connectivity index (χ1) is 7.84. The first-order valence-electron chi connectivity index (χ1n) is 5.05. The molecule has 7 heteroatoms. The average Bonchev–Trinajstić information content (AvgIpc) is 2.66. The van der Waals surface area contributed by atoms with Crippen molar-refractivity contribution in [1.29, 1.82) is 0 Å². The number of hydrogen-bond donors (Lipinski definition) is 0. The molecule has 1 aromatic heterocycles. The lowest BCUT2D eigenvalue weighted by atomic mass is 10.3. The minimum absolute atomic E-state index is 0.322. The van der Waals surface area contributed by atoms with Crippen molar-refractivity contribution < 1.29 is 13.2 Å². The topological polar surface area (TPSA) is 16.1 Å². The zero-order chi connectivity index (χ0) is 13.1. The number of thiazole rings is 1. The van der Waals surface area contributed by atoms with E-state index in [0.29, 0.717) is 17.6 Å². The monoisotopic (exact) mass is 284 g/mol. The van der Waals surface area contributed by atoms with Crippen molar-refractivity contribution in [2.24, 2.45) is 0 Å². The molecule has 98 valence electrons. The Hall–Kier alpha value is -0.270. The third kappa shape index (κ3) is 4.48. The Labute approximate surface area is 107 Å². The van der Waals surface area contributed by atoms with E-state index in [-0.39, 0.29) is 0 Å². The smallest absolute Gasteiger partial charge is 0.296 e. The molecular weight excluding hydrogens is 269 g/mol. The minimum atomic E-state index is -4.34. The number of thioether (sulfide) groups is 1. The predicted molar refractivity (Wildman–Crippen MR) is 66.4 cm³/mol. The molecule has 0 aromatic carbocycles. The van der Waals surface area contributed by atoms with Gasteiger partial charge in [-0.2, -0.15) is 24.9 Å². The molecule has 1 rings (SSSR count). The van der Waals surface area contributed by atoms with Crippen LogP contribution in [0.15, 0.2) is 5.38 Å². The summed E-state index contributed by atoms with van der Waals surface area (Å²) in [5.74, 6) is 0.952. The Bertz CT molecular complexity index is 352. The van der Waals surface area contributed by atoms with E-state index in [9.17, 15) is 13.2 Å². The SMILES string of the molecule is CSC[C@H](C)N(C)Cc1nc(C(F)(F)F)cs1. The second-order valence-corrected chi connectivity index (χ2v) is 5.70. The summed E-state index contributed by atoms with van der Waals surface area (Å²) in [5, 5.41) is 1.58.